The van der Waals surface area contributed by atoms with Crippen molar-refractivity contribution in [3.05, 3.63) is 66.8 Å². The van der Waals surface area contributed by atoms with Gasteiger partial charge >= 0.3 is 0 Å². The minimum absolute atomic E-state index is 0. The van der Waals surface area contributed by atoms with Crippen LogP contribution >= 0.6 is 12.4 Å². The molecule has 88 valence electrons. The van der Waals surface area contributed by atoms with Crippen LogP contribution in [0.2, 0.25) is 0 Å². The van der Waals surface area contributed by atoms with E-state index in [-0.39, 0.29) is 12.4 Å². The largest absolute Gasteiger partial charge is 0.326 e. The van der Waals surface area contributed by atoms with Crippen molar-refractivity contribution in [3.8, 4) is 0 Å². The standard InChI is InChI=1S/C14H14N2.ClH/c1-3-13-11-16(14(4-2)15-13)10-12-8-6-5-7-9-12;/h3-9,11H,1-2,10H2;1H. The fourth-order valence-corrected chi connectivity index (χ4v) is 1.62. The van der Waals surface area contributed by atoms with Crippen LogP contribution in [0.1, 0.15) is 17.1 Å². The predicted molar refractivity (Wildman–Crippen MR) is 75.2 cm³/mol. The van der Waals surface area contributed by atoms with Crippen LogP contribution in [0.5, 0.6) is 0 Å². The smallest absolute Gasteiger partial charge is 0.133 e. The number of imidazole rings is 1. The van der Waals surface area contributed by atoms with Crippen LogP contribution in [-0.2, 0) is 6.54 Å². The summed E-state index contributed by atoms with van der Waals surface area (Å²) in [5.41, 5.74) is 2.13. The maximum Gasteiger partial charge on any atom is 0.133 e. The first-order chi connectivity index (χ1) is 7.83. The molecule has 2 nitrogen and oxygen atoms in total. The van der Waals surface area contributed by atoms with Crippen LogP contribution in [0.4, 0.5) is 0 Å². The topological polar surface area (TPSA) is 17.8 Å². The maximum absolute atomic E-state index is 4.37. The highest BCUT2D eigenvalue weighted by atomic mass is 35.5. The van der Waals surface area contributed by atoms with Gasteiger partial charge in [0, 0.05) is 12.7 Å². The van der Waals surface area contributed by atoms with Gasteiger partial charge in [-0.25, -0.2) is 4.98 Å². The molecule has 0 saturated heterocycles. The van der Waals surface area contributed by atoms with E-state index in [0.717, 1.165) is 18.1 Å². The Kier molecular flexibility index (Phi) is 4.73. The zero-order chi connectivity index (χ0) is 11.4. The van der Waals surface area contributed by atoms with Crippen LogP contribution in [0.3, 0.4) is 0 Å². The molecule has 0 spiro atoms. The number of benzene rings is 1. The third-order valence-electron chi connectivity index (χ3n) is 2.41. The Morgan fingerprint density at radius 1 is 1.12 bits per heavy atom. The fourth-order valence-electron chi connectivity index (χ4n) is 1.62. The van der Waals surface area contributed by atoms with Crippen LogP contribution in [-0.4, -0.2) is 9.55 Å². The van der Waals surface area contributed by atoms with Gasteiger partial charge < -0.3 is 4.57 Å². The lowest BCUT2D eigenvalue weighted by Gasteiger charge is -2.04. The summed E-state index contributed by atoms with van der Waals surface area (Å²) in [4.78, 5) is 4.37. The second kappa shape index (κ2) is 6.06. The minimum atomic E-state index is 0. The average molecular weight is 247 g/mol. The molecule has 0 aliphatic heterocycles. The van der Waals surface area contributed by atoms with Gasteiger partial charge in [0.15, 0.2) is 0 Å². The van der Waals surface area contributed by atoms with Crippen LogP contribution in [0.25, 0.3) is 12.2 Å². The van der Waals surface area contributed by atoms with Gasteiger partial charge in [-0.2, -0.15) is 0 Å². The molecule has 1 aromatic heterocycles. The molecule has 0 saturated carbocycles. The number of rotatable bonds is 4. The van der Waals surface area contributed by atoms with E-state index >= 15 is 0 Å². The zero-order valence-corrected chi connectivity index (χ0v) is 10.4. The van der Waals surface area contributed by atoms with Crippen molar-refractivity contribution in [1.29, 1.82) is 0 Å². The molecule has 0 atom stereocenters. The molecular formula is C14H15ClN2. The number of aromatic nitrogens is 2. The third kappa shape index (κ3) is 3.08. The zero-order valence-electron chi connectivity index (χ0n) is 9.54. The van der Waals surface area contributed by atoms with E-state index in [1.165, 1.54) is 5.56 Å². The first-order valence-corrected chi connectivity index (χ1v) is 5.19. The normalized spacial score (nSPS) is 9.41. The van der Waals surface area contributed by atoms with E-state index in [1.54, 1.807) is 12.2 Å². The first kappa shape index (κ1) is 13.3. The van der Waals surface area contributed by atoms with Gasteiger partial charge in [0.2, 0.25) is 0 Å². The van der Waals surface area contributed by atoms with E-state index in [4.69, 9.17) is 0 Å². The molecule has 0 bridgehead atoms. The summed E-state index contributed by atoms with van der Waals surface area (Å²) in [5, 5.41) is 0. The summed E-state index contributed by atoms with van der Waals surface area (Å²) in [6, 6.07) is 10.3. The Morgan fingerprint density at radius 2 is 1.82 bits per heavy atom. The number of hydrogen-bond donors (Lipinski definition) is 0. The molecule has 2 rings (SSSR count). The van der Waals surface area contributed by atoms with Crippen molar-refractivity contribution in [2.75, 3.05) is 0 Å². The summed E-state index contributed by atoms with van der Waals surface area (Å²) < 4.78 is 2.07. The second-order valence-corrected chi connectivity index (χ2v) is 3.55. The lowest BCUT2D eigenvalue weighted by Crippen LogP contribution is -2.00. The molecule has 0 fully saturated rings. The van der Waals surface area contributed by atoms with E-state index in [2.05, 4.69) is 34.8 Å². The Labute approximate surface area is 108 Å². The maximum atomic E-state index is 4.37. The molecule has 1 heterocycles. The summed E-state index contributed by atoms with van der Waals surface area (Å²) in [6.45, 7) is 8.29. The fraction of sp³-hybridized carbons (Fsp3) is 0.0714. The van der Waals surface area contributed by atoms with Gasteiger partial charge in [-0.15, -0.1) is 12.4 Å². The number of halogens is 1. The minimum Gasteiger partial charge on any atom is -0.326 e. The van der Waals surface area contributed by atoms with Crippen molar-refractivity contribution >= 4 is 24.6 Å². The molecule has 0 aliphatic carbocycles. The van der Waals surface area contributed by atoms with Gasteiger partial charge in [-0.05, 0) is 17.7 Å². The van der Waals surface area contributed by atoms with Gasteiger partial charge in [0.25, 0.3) is 0 Å². The van der Waals surface area contributed by atoms with Gasteiger partial charge in [0.1, 0.15) is 5.82 Å². The highest BCUT2D eigenvalue weighted by Gasteiger charge is 2.03. The third-order valence-corrected chi connectivity index (χ3v) is 2.41. The lowest BCUT2D eigenvalue weighted by atomic mass is 10.2. The number of nitrogens with zero attached hydrogens (tertiary/aromatic N) is 2. The summed E-state index contributed by atoms with van der Waals surface area (Å²) >= 11 is 0. The number of hydrogen-bond acceptors (Lipinski definition) is 1. The molecule has 0 unspecified atom stereocenters. The van der Waals surface area contributed by atoms with E-state index in [1.807, 2.05) is 24.4 Å². The monoisotopic (exact) mass is 246 g/mol. The van der Waals surface area contributed by atoms with Crippen molar-refractivity contribution in [3.63, 3.8) is 0 Å². The van der Waals surface area contributed by atoms with Crippen molar-refractivity contribution in [2.45, 2.75) is 6.54 Å². The van der Waals surface area contributed by atoms with Crippen LogP contribution < -0.4 is 0 Å². The van der Waals surface area contributed by atoms with E-state index < -0.39 is 0 Å². The molecule has 0 aliphatic rings. The predicted octanol–water partition coefficient (Wildman–Crippen LogP) is 3.64. The Balaban J connectivity index is 0.00000144. The molecule has 3 heteroatoms. The van der Waals surface area contributed by atoms with Crippen molar-refractivity contribution in [1.82, 2.24) is 9.55 Å². The van der Waals surface area contributed by atoms with Crippen molar-refractivity contribution < 1.29 is 0 Å². The van der Waals surface area contributed by atoms with E-state index in [9.17, 15) is 0 Å². The highest BCUT2D eigenvalue weighted by Crippen LogP contribution is 2.09. The van der Waals surface area contributed by atoms with E-state index in [0.29, 0.717) is 0 Å². The molecule has 0 N–H and O–H groups in total. The summed E-state index contributed by atoms with van der Waals surface area (Å²) in [5.74, 6) is 0.874. The quantitative estimate of drug-likeness (QED) is 0.806. The Hall–Kier alpha value is -1.80. The molecule has 0 amide bonds. The second-order valence-electron chi connectivity index (χ2n) is 3.55. The highest BCUT2D eigenvalue weighted by molar-refractivity contribution is 5.85. The average Bonchev–Trinajstić information content (AvgIpc) is 2.73. The summed E-state index contributed by atoms with van der Waals surface area (Å²) in [6.07, 6.45) is 5.49. The molecule has 1 aromatic carbocycles. The van der Waals surface area contributed by atoms with Crippen LogP contribution in [0, 0.1) is 0 Å². The molecular weight excluding hydrogens is 232 g/mol. The van der Waals surface area contributed by atoms with Gasteiger partial charge in [-0.3, -0.25) is 0 Å². The SMILES string of the molecule is C=Cc1cn(Cc2ccccc2)c(C=C)n1.Cl. The van der Waals surface area contributed by atoms with Crippen LogP contribution in [0.15, 0.2) is 49.7 Å². The molecule has 2 aromatic rings. The molecule has 17 heavy (non-hydrogen) atoms. The Bertz CT molecular complexity index is 500. The van der Waals surface area contributed by atoms with Crippen molar-refractivity contribution in [2.24, 2.45) is 0 Å². The molecule has 0 radical (unpaired) electrons. The Morgan fingerprint density at radius 3 is 2.41 bits per heavy atom. The van der Waals surface area contributed by atoms with Gasteiger partial charge in [0.05, 0.1) is 5.69 Å². The lowest BCUT2D eigenvalue weighted by molar-refractivity contribution is 0.787. The van der Waals surface area contributed by atoms with Gasteiger partial charge in [-0.1, -0.05) is 43.5 Å². The first-order valence-electron chi connectivity index (χ1n) is 5.19. The summed E-state index contributed by atoms with van der Waals surface area (Å²) in [7, 11) is 0.